The Kier molecular flexibility index (Phi) is 4.73. The molecule has 3 aromatic heterocycles. The quantitative estimate of drug-likeness (QED) is 0.525. The first-order valence-corrected chi connectivity index (χ1v) is 10.1. The van der Waals surface area contributed by atoms with Gasteiger partial charge in [0.05, 0.1) is 29.1 Å². The van der Waals surface area contributed by atoms with Crippen LogP contribution in [0.4, 0.5) is 5.69 Å². The first-order valence-electron chi connectivity index (χ1n) is 10.1. The first kappa shape index (κ1) is 17.9. The molecule has 0 amide bonds. The second-order valence-corrected chi connectivity index (χ2v) is 7.49. The summed E-state index contributed by atoms with van der Waals surface area (Å²) >= 11 is 0. The number of fused-ring (bicyclic) bond motifs is 3. The second-order valence-electron chi connectivity index (χ2n) is 7.49. The van der Waals surface area contributed by atoms with E-state index in [4.69, 9.17) is 0 Å². The van der Waals surface area contributed by atoms with Crippen LogP contribution in [0.15, 0.2) is 66.1 Å². The van der Waals surface area contributed by atoms with Gasteiger partial charge in [0.15, 0.2) is 0 Å². The molecule has 4 aromatic rings. The van der Waals surface area contributed by atoms with Crippen molar-refractivity contribution in [2.75, 3.05) is 37.6 Å². The Morgan fingerprint density at radius 2 is 1.55 bits per heavy atom. The Balaban J connectivity index is 1.26. The number of para-hydroxylation sites is 2. The highest BCUT2D eigenvalue weighted by Gasteiger charge is 2.17. The number of aromatic nitrogens is 4. The highest BCUT2D eigenvalue weighted by Crippen LogP contribution is 2.16. The van der Waals surface area contributed by atoms with Crippen LogP contribution in [0.5, 0.6) is 0 Å². The van der Waals surface area contributed by atoms with Crippen LogP contribution in [0.25, 0.3) is 16.6 Å². The molecule has 29 heavy (non-hydrogen) atoms. The number of hydrogen-bond donors (Lipinski definition) is 0. The maximum Gasteiger partial charge on any atom is 0.275 e. The molecule has 4 heterocycles. The van der Waals surface area contributed by atoms with Crippen LogP contribution in [-0.4, -0.2) is 56.6 Å². The fourth-order valence-corrected chi connectivity index (χ4v) is 4.27. The van der Waals surface area contributed by atoms with E-state index in [1.807, 2.05) is 57.9 Å². The molecule has 0 unspecified atom stereocenters. The van der Waals surface area contributed by atoms with Crippen molar-refractivity contribution < 1.29 is 0 Å². The van der Waals surface area contributed by atoms with Crippen LogP contribution < -0.4 is 10.5 Å². The van der Waals surface area contributed by atoms with Gasteiger partial charge in [-0.2, -0.15) is 0 Å². The first-order chi connectivity index (χ1) is 14.3. The molecule has 1 aromatic carbocycles. The van der Waals surface area contributed by atoms with Gasteiger partial charge in [-0.15, -0.1) is 0 Å². The lowest BCUT2D eigenvalue weighted by Gasteiger charge is -2.35. The predicted molar refractivity (Wildman–Crippen MR) is 114 cm³/mol. The van der Waals surface area contributed by atoms with Gasteiger partial charge in [0.1, 0.15) is 11.8 Å². The van der Waals surface area contributed by atoms with Crippen molar-refractivity contribution in [3.05, 3.63) is 71.7 Å². The standard InChI is InChI=1S/C22H24N6O/c29-22-21-7-3-9-27(21)19-5-1-2-6-20(19)28(22)10-4-8-25-11-13-26(14-12-25)18-15-23-17-24-16-18/h1-3,5-7,9,15-17H,4,8,10-14H2. The Bertz CT molecular complexity index is 1170. The zero-order chi connectivity index (χ0) is 19.6. The summed E-state index contributed by atoms with van der Waals surface area (Å²) in [6, 6.07) is 12.0. The summed E-state index contributed by atoms with van der Waals surface area (Å²) in [5, 5.41) is 0. The largest absolute Gasteiger partial charge is 0.366 e. The molecule has 0 aliphatic carbocycles. The SMILES string of the molecule is O=c1c2cccn2c2ccccc2n1CCCN1CCN(c2cncnc2)CC1. The minimum atomic E-state index is 0.0857. The summed E-state index contributed by atoms with van der Waals surface area (Å²) in [5.41, 5.74) is 3.98. The molecule has 7 heteroatoms. The molecular weight excluding hydrogens is 364 g/mol. The maximum absolute atomic E-state index is 13.0. The molecule has 5 rings (SSSR count). The maximum atomic E-state index is 13.0. The molecule has 7 nitrogen and oxygen atoms in total. The number of hydrogen-bond acceptors (Lipinski definition) is 5. The minimum absolute atomic E-state index is 0.0857. The second kappa shape index (κ2) is 7.67. The zero-order valence-corrected chi connectivity index (χ0v) is 16.3. The minimum Gasteiger partial charge on any atom is -0.366 e. The van der Waals surface area contributed by atoms with Crippen LogP contribution in [0.1, 0.15) is 6.42 Å². The molecule has 0 radical (unpaired) electrons. The van der Waals surface area contributed by atoms with Gasteiger partial charge in [0, 0.05) is 38.9 Å². The Morgan fingerprint density at radius 3 is 2.34 bits per heavy atom. The van der Waals surface area contributed by atoms with Crippen molar-refractivity contribution >= 4 is 22.2 Å². The predicted octanol–water partition coefficient (Wildman–Crippen LogP) is 2.26. The van der Waals surface area contributed by atoms with E-state index in [0.29, 0.717) is 0 Å². The fourth-order valence-electron chi connectivity index (χ4n) is 4.27. The Morgan fingerprint density at radius 1 is 0.828 bits per heavy atom. The van der Waals surface area contributed by atoms with Gasteiger partial charge in [0.25, 0.3) is 5.56 Å². The summed E-state index contributed by atoms with van der Waals surface area (Å²) in [6.45, 7) is 5.71. The van der Waals surface area contributed by atoms with E-state index in [1.165, 1.54) is 0 Å². The number of nitrogens with zero attached hydrogens (tertiary/aromatic N) is 6. The van der Waals surface area contributed by atoms with E-state index in [9.17, 15) is 4.79 Å². The summed E-state index contributed by atoms with van der Waals surface area (Å²) in [5.74, 6) is 0. The highest BCUT2D eigenvalue weighted by atomic mass is 16.1. The number of aryl methyl sites for hydroxylation is 1. The molecule has 0 N–H and O–H groups in total. The molecule has 0 saturated carbocycles. The van der Waals surface area contributed by atoms with E-state index < -0.39 is 0 Å². The van der Waals surface area contributed by atoms with E-state index in [0.717, 1.165) is 67.9 Å². The summed E-state index contributed by atoms with van der Waals surface area (Å²) in [6.07, 6.45) is 8.22. The van der Waals surface area contributed by atoms with E-state index >= 15 is 0 Å². The van der Waals surface area contributed by atoms with Gasteiger partial charge >= 0.3 is 0 Å². The Hall–Kier alpha value is -3.19. The van der Waals surface area contributed by atoms with Gasteiger partial charge in [-0.3, -0.25) is 9.69 Å². The zero-order valence-electron chi connectivity index (χ0n) is 16.3. The topological polar surface area (TPSA) is 58.7 Å². The van der Waals surface area contributed by atoms with Crippen LogP contribution in [-0.2, 0) is 6.54 Å². The fraction of sp³-hybridized carbons (Fsp3) is 0.318. The smallest absolute Gasteiger partial charge is 0.275 e. The third-order valence-corrected chi connectivity index (χ3v) is 5.79. The summed E-state index contributed by atoms with van der Waals surface area (Å²) in [4.78, 5) is 26.0. The number of rotatable bonds is 5. The average molecular weight is 388 g/mol. The highest BCUT2D eigenvalue weighted by molar-refractivity contribution is 5.79. The molecule has 148 valence electrons. The lowest BCUT2D eigenvalue weighted by molar-refractivity contribution is 0.250. The summed E-state index contributed by atoms with van der Waals surface area (Å²) in [7, 11) is 0. The van der Waals surface area contributed by atoms with E-state index in [2.05, 4.69) is 25.8 Å². The van der Waals surface area contributed by atoms with Crippen LogP contribution in [0.3, 0.4) is 0 Å². The molecule has 0 atom stereocenters. The van der Waals surface area contributed by atoms with Crippen molar-refractivity contribution in [3.63, 3.8) is 0 Å². The van der Waals surface area contributed by atoms with Crippen LogP contribution in [0.2, 0.25) is 0 Å². The van der Waals surface area contributed by atoms with Crippen molar-refractivity contribution in [1.82, 2.24) is 23.8 Å². The molecule has 1 aliphatic heterocycles. The Labute approximate surface area is 168 Å². The molecule has 0 spiro atoms. The molecular formula is C22H24N6O. The number of piperazine rings is 1. The van der Waals surface area contributed by atoms with Crippen LogP contribution >= 0.6 is 0 Å². The van der Waals surface area contributed by atoms with Crippen molar-refractivity contribution in [1.29, 1.82) is 0 Å². The van der Waals surface area contributed by atoms with Crippen molar-refractivity contribution in [3.8, 4) is 0 Å². The van der Waals surface area contributed by atoms with Gasteiger partial charge < -0.3 is 13.9 Å². The number of anilines is 1. The molecule has 1 fully saturated rings. The third-order valence-electron chi connectivity index (χ3n) is 5.79. The normalized spacial score (nSPS) is 15.4. The molecule has 1 saturated heterocycles. The number of benzene rings is 1. The molecule has 0 bridgehead atoms. The molecule has 1 aliphatic rings. The van der Waals surface area contributed by atoms with Gasteiger partial charge in [-0.1, -0.05) is 12.1 Å². The van der Waals surface area contributed by atoms with E-state index in [-0.39, 0.29) is 5.56 Å². The van der Waals surface area contributed by atoms with Crippen LogP contribution in [0, 0.1) is 0 Å². The van der Waals surface area contributed by atoms with Gasteiger partial charge in [-0.25, -0.2) is 9.97 Å². The monoisotopic (exact) mass is 388 g/mol. The van der Waals surface area contributed by atoms with E-state index in [1.54, 1.807) is 6.33 Å². The summed E-state index contributed by atoms with van der Waals surface area (Å²) < 4.78 is 3.92. The average Bonchev–Trinajstić information content (AvgIpc) is 3.28. The lowest BCUT2D eigenvalue weighted by atomic mass is 10.2. The van der Waals surface area contributed by atoms with Crippen molar-refractivity contribution in [2.24, 2.45) is 0 Å². The van der Waals surface area contributed by atoms with Gasteiger partial charge in [0.2, 0.25) is 0 Å². The van der Waals surface area contributed by atoms with Crippen molar-refractivity contribution in [2.45, 2.75) is 13.0 Å². The van der Waals surface area contributed by atoms with Gasteiger partial charge in [-0.05, 0) is 37.2 Å². The third kappa shape index (κ3) is 3.38. The lowest BCUT2D eigenvalue weighted by Crippen LogP contribution is -2.46.